The molecule has 0 aromatic carbocycles. The van der Waals surface area contributed by atoms with E-state index in [0.29, 0.717) is 29.6 Å². The summed E-state index contributed by atoms with van der Waals surface area (Å²) in [4.78, 5) is 25.7. The lowest BCUT2D eigenvalue weighted by atomic mass is 10.2. The molecule has 0 unspecified atom stereocenters. The van der Waals surface area contributed by atoms with E-state index in [4.69, 9.17) is 5.73 Å². The van der Waals surface area contributed by atoms with Crippen LogP contribution in [0.4, 0.5) is 10.9 Å². The zero-order valence-corrected chi connectivity index (χ0v) is 15.5. The van der Waals surface area contributed by atoms with Crippen molar-refractivity contribution < 1.29 is 4.79 Å². The summed E-state index contributed by atoms with van der Waals surface area (Å²) < 4.78 is 0.854. The third-order valence-corrected chi connectivity index (χ3v) is 4.81. The van der Waals surface area contributed by atoms with Crippen LogP contribution in [0.3, 0.4) is 0 Å². The maximum absolute atomic E-state index is 12.0. The van der Waals surface area contributed by atoms with Gasteiger partial charge in [-0.2, -0.15) is 0 Å². The van der Waals surface area contributed by atoms with Gasteiger partial charge in [-0.1, -0.05) is 11.3 Å². The van der Waals surface area contributed by atoms with Gasteiger partial charge in [-0.25, -0.2) is 9.97 Å². The Kier molecular flexibility index (Phi) is 5.69. The van der Waals surface area contributed by atoms with Gasteiger partial charge >= 0.3 is 0 Å². The topological polar surface area (TPSA) is 106 Å². The van der Waals surface area contributed by atoms with Crippen LogP contribution in [-0.4, -0.2) is 33.9 Å². The summed E-state index contributed by atoms with van der Waals surface area (Å²) in [6.07, 6.45) is 6.67. The second kappa shape index (κ2) is 8.15. The first-order chi connectivity index (χ1) is 12.2. The first kappa shape index (κ1) is 17.5. The summed E-state index contributed by atoms with van der Waals surface area (Å²) in [6.45, 7) is 0.822. The molecule has 9 heteroatoms. The Hall–Kier alpha value is -2.36. The second-order valence-corrected chi connectivity index (χ2v) is 6.88. The summed E-state index contributed by atoms with van der Waals surface area (Å²) in [5, 5.41) is 6.59. The van der Waals surface area contributed by atoms with Crippen LogP contribution < -0.4 is 16.4 Å². The Morgan fingerprint density at radius 3 is 2.96 bits per heavy atom. The van der Waals surface area contributed by atoms with Gasteiger partial charge in [0.1, 0.15) is 5.82 Å². The number of amides is 1. The lowest BCUT2D eigenvalue weighted by Crippen LogP contribution is -2.29. The standard InChI is InChI=1S/C16H15BrN6OS/c17-12-2-1-4-20-14(12)23-16-22-9-13(25-16)10-6-11(8-19-7-10)15(24)21-5-3-18/h1-2,4,6-9H,3,5,18H2,(H,21,24)(H,20,22,23). The maximum Gasteiger partial charge on any atom is 0.252 e. The van der Waals surface area contributed by atoms with Gasteiger partial charge in [0.05, 0.1) is 14.9 Å². The van der Waals surface area contributed by atoms with Crippen molar-refractivity contribution in [2.24, 2.45) is 5.73 Å². The first-order valence-electron chi connectivity index (χ1n) is 7.44. The molecule has 3 aromatic heterocycles. The fraction of sp³-hybridized carbons (Fsp3) is 0.125. The van der Waals surface area contributed by atoms with E-state index in [0.717, 1.165) is 14.9 Å². The Labute approximate surface area is 156 Å². The number of halogens is 1. The molecule has 0 aliphatic rings. The molecule has 0 fully saturated rings. The Morgan fingerprint density at radius 2 is 2.16 bits per heavy atom. The van der Waals surface area contributed by atoms with Crippen LogP contribution in [0, 0.1) is 0 Å². The van der Waals surface area contributed by atoms with E-state index in [-0.39, 0.29) is 5.91 Å². The zero-order valence-electron chi connectivity index (χ0n) is 13.1. The highest BCUT2D eigenvalue weighted by Crippen LogP contribution is 2.31. The van der Waals surface area contributed by atoms with Crippen LogP contribution in [0.25, 0.3) is 10.4 Å². The largest absolute Gasteiger partial charge is 0.351 e. The number of hydrogen-bond donors (Lipinski definition) is 3. The number of nitrogens with one attached hydrogen (secondary N) is 2. The Bertz CT molecular complexity index is 884. The molecule has 0 aliphatic heterocycles. The van der Waals surface area contributed by atoms with Crippen LogP contribution in [0.5, 0.6) is 0 Å². The third-order valence-electron chi connectivity index (χ3n) is 3.20. The van der Waals surface area contributed by atoms with Crippen LogP contribution >= 0.6 is 27.3 Å². The van der Waals surface area contributed by atoms with E-state index in [2.05, 4.69) is 41.5 Å². The van der Waals surface area contributed by atoms with Gasteiger partial charge in [0.2, 0.25) is 0 Å². The quantitative estimate of drug-likeness (QED) is 0.568. The molecule has 1 amide bonds. The average Bonchev–Trinajstić information content (AvgIpc) is 3.10. The van der Waals surface area contributed by atoms with Gasteiger partial charge < -0.3 is 16.4 Å². The minimum absolute atomic E-state index is 0.194. The highest BCUT2D eigenvalue weighted by Gasteiger charge is 2.11. The van der Waals surface area contributed by atoms with Gasteiger partial charge in [0.15, 0.2) is 5.13 Å². The van der Waals surface area contributed by atoms with Gasteiger partial charge in [0.25, 0.3) is 5.91 Å². The predicted octanol–water partition coefficient (Wildman–Crippen LogP) is 2.79. The molecule has 128 valence electrons. The van der Waals surface area contributed by atoms with E-state index in [9.17, 15) is 4.79 Å². The van der Waals surface area contributed by atoms with Crippen molar-refractivity contribution in [1.82, 2.24) is 20.3 Å². The summed E-state index contributed by atoms with van der Waals surface area (Å²) in [5.74, 6) is 0.497. The van der Waals surface area contributed by atoms with Crippen molar-refractivity contribution in [2.45, 2.75) is 0 Å². The highest BCUT2D eigenvalue weighted by atomic mass is 79.9. The summed E-state index contributed by atoms with van der Waals surface area (Å²) >= 11 is 4.89. The molecular formula is C16H15BrN6OS. The van der Waals surface area contributed by atoms with E-state index in [1.165, 1.54) is 17.5 Å². The molecule has 0 aliphatic carbocycles. The number of carbonyl (C=O) groups is 1. The number of aromatic nitrogens is 3. The Morgan fingerprint density at radius 1 is 1.28 bits per heavy atom. The third kappa shape index (κ3) is 4.38. The van der Waals surface area contributed by atoms with Crippen molar-refractivity contribution >= 4 is 44.1 Å². The molecule has 25 heavy (non-hydrogen) atoms. The van der Waals surface area contributed by atoms with E-state index < -0.39 is 0 Å². The van der Waals surface area contributed by atoms with Crippen molar-refractivity contribution in [3.63, 3.8) is 0 Å². The number of thiazole rings is 1. The lowest BCUT2D eigenvalue weighted by molar-refractivity contribution is 0.0954. The summed E-state index contributed by atoms with van der Waals surface area (Å²) in [7, 11) is 0. The smallest absolute Gasteiger partial charge is 0.252 e. The number of rotatable bonds is 6. The van der Waals surface area contributed by atoms with Crippen molar-refractivity contribution in [3.05, 3.63) is 53.0 Å². The molecule has 3 heterocycles. The van der Waals surface area contributed by atoms with Crippen LogP contribution in [-0.2, 0) is 0 Å². The number of pyridine rings is 2. The number of nitrogens with two attached hydrogens (primary N) is 1. The molecule has 0 saturated carbocycles. The number of carbonyl (C=O) groups excluding carboxylic acids is 1. The molecule has 0 saturated heterocycles. The van der Waals surface area contributed by atoms with Crippen molar-refractivity contribution in [1.29, 1.82) is 0 Å². The highest BCUT2D eigenvalue weighted by molar-refractivity contribution is 9.10. The monoisotopic (exact) mass is 418 g/mol. The van der Waals surface area contributed by atoms with Gasteiger partial charge in [-0.3, -0.25) is 9.78 Å². The van der Waals surface area contributed by atoms with E-state index in [1.54, 1.807) is 24.7 Å². The molecule has 0 spiro atoms. The zero-order chi connectivity index (χ0) is 17.6. The molecule has 3 aromatic rings. The SMILES string of the molecule is NCCNC(=O)c1cncc(-c2cnc(Nc3ncccc3Br)s2)c1. The minimum Gasteiger partial charge on any atom is -0.351 e. The van der Waals surface area contributed by atoms with Gasteiger partial charge in [-0.15, -0.1) is 0 Å². The minimum atomic E-state index is -0.194. The molecule has 0 radical (unpaired) electrons. The molecule has 4 N–H and O–H groups in total. The lowest BCUT2D eigenvalue weighted by Gasteiger charge is -2.04. The average molecular weight is 419 g/mol. The number of anilines is 2. The van der Waals surface area contributed by atoms with Crippen LogP contribution in [0.1, 0.15) is 10.4 Å². The predicted molar refractivity (Wildman–Crippen MR) is 102 cm³/mol. The molecular weight excluding hydrogens is 404 g/mol. The fourth-order valence-corrected chi connectivity index (χ4v) is 3.18. The molecule has 7 nitrogen and oxygen atoms in total. The molecule has 0 bridgehead atoms. The molecule has 3 rings (SSSR count). The van der Waals surface area contributed by atoms with Crippen LogP contribution in [0.15, 0.2) is 47.5 Å². The van der Waals surface area contributed by atoms with Crippen molar-refractivity contribution in [3.8, 4) is 10.4 Å². The Balaban J connectivity index is 1.78. The van der Waals surface area contributed by atoms with Crippen molar-refractivity contribution in [2.75, 3.05) is 18.4 Å². The fourth-order valence-electron chi connectivity index (χ4n) is 2.03. The second-order valence-electron chi connectivity index (χ2n) is 5.00. The summed E-state index contributed by atoms with van der Waals surface area (Å²) in [5.41, 5.74) is 6.71. The van der Waals surface area contributed by atoms with E-state index >= 15 is 0 Å². The first-order valence-corrected chi connectivity index (χ1v) is 9.05. The normalized spacial score (nSPS) is 10.5. The van der Waals surface area contributed by atoms with Crippen LogP contribution in [0.2, 0.25) is 0 Å². The number of nitrogens with zero attached hydrogens (tertiary/aromatic N) is 3. The molecule has 0 atom stereocenters. The van der Waals surface area contributed by atoms with E-state index in [1.807, 2.05) is 12.1 Å². The number of hydrogen-bond acceptors (Lipinski definition) is 7. The van der Waals surface area contributed by atoms with Gasteiger partial charge in [0, 0.05) is 43.4 Å². The maximum atomic E-state index is 12.0. The van der Waals surface area contributed by atoms with Gasteiger partial charge in [-0.05, 0) is 34.1 Å². The summed E-state index contributed by atoms with van der Waals surface area (Å²) in [6, 6.07) is 5.53.